The minimum atomic E-state index is -3.83. The lowest BCUT2D eigenvalue weighted by Crippen LogP contribution is -2.40. The maximum absolute atomic E-state index is 12.1. The smallest absolute Gasteiger partial charge is 0.268 e. The van der Waals surface area contributed by atoms with Crippen LogP contribution in [0.15, 0.2) is 17.2 Å². The third-order valence-electron chi connectivity index (χ3n) is 3.42. The summed E-state index contributed by atoms with van der Waals surface area (Å²) in [6.07, 6.45) is 3.18. The number of hydrogen-bond acceptors (Lipinski definition) is 4. The van der Waals surface area contributed by atoms with Gasteiger partial charge in [0.1, 0.15) is 10.6 Å². The second-order valence-corrected chi connectivity index (χ2v) is 7.76. The molecule has 20 heavy (non-hydrogen) atoms. The Morgan fingerprint density at radius 3 is 2.80 bits per heavy atom. The van der Waals surface area contributed by atoms with Gasteiger partial charge in [-0.1, -0.05) is 0 Å². The third-order valence-corrected chi connectivity index (χ3v) is 4.74. The number of aromatic nitrogens is 1. The van der Waals surface area contributed by atoms with E-state index >= 15 is 0 Å². The van der Waals surface area contributed by atoms with Crippen molar-refractivity contribution in [2.75, 3.05) is 13.2 Å². The Labute approximate surface area is 122 Å². The lowest BCUT2D eigenvalue weighted by atomic mass is 10.0. The summed E-state index contributed by atoms with van der Waals surface area (Å²) in [5, 5.41) is 2.76. The molecule has 0 aliphatic carbocycles. The van der Waals surface area contributed by atoms with Crippen molar-refractivity contribution >= 4 is 25.6 Å². The van der Waals surface area contributed by atoms with Crippen LogP contribution in [0.5, 0.6) is 0 Å². The number of amides is 1. The maximum Gasteiger partial charge on any atom is 0.268 e. The van der Waals surface area contributed by atoms with E-state index in [9.17, 15) is 13.2 Å². The first kappa shape index (κ1) is 15.3. The summed E-state index contributed by atoms with van der Waals surface area (Å²) in [5.74, 6) is -0.351. The summed E-state index contributed by atoms with van der Waals surface area (Å²) >= 11 is 0. The zero-order valence-electron chi connectivity index (χ0n) is 11.3. The van der Waals surface area contributed by atoms with Gasteiger partial charge in [0.25, 0.3) is 15.0 Å². The van der Waals surface area contributed by atoms with Crippen LogP contribution in [0.3, 0.4) is 0 Å². The maximum atomic E-state index is 12.1. The summed E-state index contributed by atoms with van der Waals surface area (Å²) in [4.78, 5) is 12.0. The fourth-order valence-electron chi connectivity index (χ4n) is 2.23. The van der Waals surface area contributed by atoms with Crippen LogP contribution in [0.4, 0.5) is 0 Å². The van der Waals surface area contributed by atoms with Crippen molar-refractivity contribution in [2.45, 2.75) is 30.3 Å². The molecule has 2 heterocycles. The van der Waals surface area contributed by atoms with E-state index in [-0.39, 0.29) is 22.1 Å². The van der Waals surface area contributed by atoms with Gasteiger partial charge in [0.2, 0.25) is 0 Å². The highest BCUT2D eigenvalue weighted by Crippen LogP contribution is 2.24. The molecule has 1 aliphatic heterocycles. The SMILES string of the molecule is Cn1cc(S(=O)(=O)Cl)cc1C(=O)NCC1(C)CCCO1. The summed E-state index contributed by atoms with van der Waals surface area (Å²) in [5.41, 5.74) is -0.104. The van der Waals surface area contributed by atoms with Crippen LogP contribution in [0.1, 0.15) is 30.3 Å². The molecule has 1 amide bonds. The Hall–Kier alpha value is -1.05. The van der Waals surface area contributed by atoms with E-state index in [0.717, 1.165) is 12.8 Å². The van der Waals surface area contributed by atoms with Gasteiger partial charge in [-0.05, 0) is 25.8 Å². The molecule has 1 aliphatic rings. The van der Waals surface area contributed by atoms with Crippen LogP contribution in [0.25, 0.3) is 0 Å². The molecule has 0 radical (unpaired) electrons. The average molecular weight is 321 g/mol. The fraction of sp³-hybridized carbons (Fsp3) is 0.583. The van der Waals surface area contributed by atoms with Crippen LogP contribution >= 0.6 is 10.7 Å². The molecule has 1 unspecified atom stereocenters. The molecule has 1 saturated heterocycles. The third kappa shape index (κ3) is 3.34. The van der Waals surface area contributed by atoms with Gasteiger partial charge in [-0.3, -0.25) is 4.79 Å². The number of nitrogens with zero attached hydrogens (tertiary/aromatic N) is 1. The molecule has 1 aromatic rings. The predicted molar refractivity (Wildman–Crippen MR) is 74.4 cm³/mol. The van der Waals surface area contributed by atoms with E-state index in [0.29, 0.717) is 13.2 Å². The van der Waals surface area contributed by atoms with Crippen molar-refractivity contribution in [1.82, 2.24) is 9.88 Å². The van der Waals surface area contributed by atoms with Crippen molar-refractivity contribution in [2.24, 2.45) is 7.05 Å². The monoisotopic (exact) mass is 320 g/mol. The van der Waals surface area contributed by atoms with Crippen molar-refractivity contribution in [3.63, 3.8) is 0 Å². The molecule has 1 aromatic heterocycles. The van der Waals surface area contributed by atoms with Gasteiger partial charge in [0, 0.05) is 37.1 Å². The Kier molecular flexibility index (Phi) is 4.13. The van der Waals surface area contributed by atoms with E-state index in [1.165, 1.54) is 16.8 Å². The van der Waals surface area contributed by atoms with E-state index < -0.39 is 9.05 Å². The van der Waals surface area contributed by atoms with Crippen LogP contribution in [-0.2, 0) is 20.8 Å². The van der Waals surface area contributed by atoms with Gasteiger partial charge in [0.05, 0.1) is 5.60 Å². The molecule has 112 valence electrons. The lowest BCUT2D eigenvalue weighted by Gasteiger charge is -2.23. The largest absolute Gasteiger partial charge is 0.373 e. The van der Waals surface area contributed by atoms with E-state index in [4.69, 9.17) is 15.4 Å². The quantitative estimate of drug-likeness (QED) is 0.847. The Balaban J connectivity index is 2.08. The number of nitrogens with one attached hydrogen (secondary N) is 1. The summed E-state index contributed by atoms with van der Waals surface area (Å²) in [6, 6.07) is 1.26. The molecular weight excluding hydrogens is 304 g/mol. The molecule has 0 spiro atoms. The minimum Gasteiger partial charge on any atom is -0.373 e. The van der Waals surface area contributed by atoms with Gasteiger partial charge >= 0.3 is 0 Å². The normalized spacial score (nSPS) is 22.9. The van der Waals surface area contributed by atoms with Gasteiger partial charge in [-0.2, -0.15) is 0 Å². The number of rotatable bonds is 4. The van der Waals surface area contributed by atoms with Crippen molar-refractivity contribution in [1.29, 1.82) is 0 Å². The average Bonchev–Trinajstić information content (AvgIpc) is 2.93. The molecular formula is C12H17ClN2O4S. The fourth-order valence-corrected chi connectivity index (χ4v) is 3.02. The van der Waals surface area contributed by atoms with Gasteiger partial charge in [-0.15, -0.1) is 0 Å². The Morgan fingerprint density at radius 2 is 2.30 bits per heavy atom. The Bertz CT molecular complexity index is 617. The molecule has 0 aromatic carbocycles. The van der Waals surface area contributed by atoms with Crippen molar-refractivity contribution in [3.05, 3.63) is 18.0 Å². The van der Waals surface area contributed by atoms with Crippen LogP contribution in [0, 0.1) is 0 Å². The van der Waals surface area contributed by atoms with Crippen LogP contribution < -0.4 is 5.32 Å². The van der Waals surface area contributed by atoms with E-state index in [1.54, 1.807) is 7.05 Å². The van der Waals surface area contributed by atoms with Crippen LogP contribution in [0.2, 0.25) is 0 Å². The van der Waals surface area contributed by atoms with Crippen molar-refractivity contribution in [3.8, 4) is 0 Å². The van der Waals surface area contributed by atoms with E-state index in [1.807, 2.05) is 6.92 Å². The zero-order chi connectivity index (χ0) is 15.0. The predicted octanol–water partition coefficient (Wildman–Crippen LogP) is 1.25. The second kappa shape index (κ2) is 5.38. The zero-order valence-corrected chi connectivity index (χ0v) is 12.9. The Morgan fingerprint density at radius 1 is 1.60 bits per heavy atom. The number of hydrogen-bond donors (Lipinski definition) is 1. The lowest BCUT2D eigenvalue weighted by molar-refractivity contribution is 0.0205. The van der Waals surface area contributed by atoms with Crippen LogP contribution in [-0.4, -0.2) is 37.6 Å². The molecule has 2 rings (SSSR count). The highest BCUT2D eigenvalue weighted by Gasteiger charge is 2.30. The van der Waals surface area contributed by atoms with E-state index in [2.05, 4.69) is 5.32 Å². The van der Waals surface area contributed by atoms with Gasteiger partial charge < -0.3 is 14.6 Å². The highest BCUT2D eigenvalue weighted by molar-refractivity contribution is 8.13. The summed E-state index contributed by atoms with van der Waals surface area (Å²) in [7, 11) is 3.02. The number of carbonyl (C=O) groups is 1. The number of ether oxygens (including phenoxy) is 1. The molecule has 1 atom stereocenters. The molecule has 6 nitrogen and oxygen atoms in total. The summed E-state index contributed by atoms with van der Waals surface area (Å²) in [6.45, 7) is 3.03. The highest BCUT2D eigenvalue weighted by atomic mass is 35.7. The van der Waals surface area contributed by atoms with Gasteiger partial charge in [0.15, 0.2) is 0 Å². The van der Waals surface area contributed by atoms with Crippen molar-refractivity contribution < 1.29 is 17.9 Å². The molecule has 0 bridgehead atoms. The number of aryl methyl sites for hydroxylation is 1. The topological polar surface area (TPSA) is 77.4 Å². The number of carbonyl (C=O) groups excluding carboxylic acids is 1. The minimum absolute atomic E-state index is 0.0878. The number of halogens is 1. The second-order valence-electron chi connectivity index (χ2n) is 5.19. The summed E-state index contributed by atoms with van der Waals surface area (Å²) < 4.78 is 29.5. The molecule has 0 saturated carbocycles. The standard InChI is InChI=1S/C12H17ClN2O4S/c1-12(4-3-5-19-12)8-14-11(16)10-6-9(7-15(10)2)20(13,17)18/h6-7H,3-5,8H2,1-2H3,(H,14,16). The molecule has 1 fully saturated rings. The first-order valence-corrected chi connectivity index (χ1v) is 8.55. The first-order valence-electron chi connectivity index (χ1n) is 6.24. The molecule has 8 heteroatoms. The first-order chi connectivity index (χ1) is 9.21. The van der Waals surface area contributed by atoms with Gasteiger partial charge in [-0.25, -0.2) is 8.42 Å². The molecule has 1 N–H and O–H groups in total.